The number of nitrogens with zero attached hydrogens (tertiary/aromatic N) is 4. The maximum atomic E-state index is 12.6. The van der Waals surface area contributed by atoms with Crippen LogP contribution >= 0.6 is 11.8 Å². The van der Waals surface area contributed by atoms with E-state index in [4.69, 9.17) is 19.2 Å². The standard InChI is InChI=1S/C30H35N5O4S/c1-21-14-28(35-11-9-34(10-12-35)18-22-7-8-26-27(16-22)39-20-38-26)33-30(32-21)40-19-23-4-2-5-24(15-23)29(36)31-17-25-6-3-13-37-25/h2,4-5,7-8,14-16,25H,3,6,9-13,17-20H2,1H3,(H,31,36). The average Bonchev–Trinajstić information content (AvgIpc) is 3.67. The highest BCUT2D eigenvalue weighted by molar-refractivity contribution is 7.98. The van der Waals surface area contributed by atoms with Gasteiger partial charge in [0.2, 0.25) is 6.79 Å². The summed E-state index contributed by atoms with van der Waals surface area (Å²) in [5.74, 6) is 3.26. The van der Waals surface area contributed by atoms with Crippen LogP contribution in [0.5, 0.6) is 11.5 Å². The second-order valence-corrected chi connectivity index (χ2v) is 11.4. The van der Waals surface area contributed by atoms with Gasteiger partial charge in [-0.25, -0.2) is 9.97 Å². The summed E-state index contributed by atoms with van der Waals surface area (Å²) in [6.07, 6.45) is 2.20. The molecule has 3 aromatic rings. The average molecular weight is 562 g/mol. The van der Waals surface area contributed by atoms with Crippen LogP contribution < -0.4 is 19.7 Å². The molecule has 210 valence electrons. The van der Waals surface area contributed by atoms with Crippen molar-refractivity contribution in [2.45, 2.75) is 43.3 Å². The van der Waals surface area contributed by atoms with E-state index < -0.39 is 0 Å². The van der Waals surface area contributed by atoms with Crippen molar-refractivity contribution in [2.75, 3.05) is 51.0 Å². The van der Waals surface area contributed by atoms with E-state index in [1.165, 1.54) is 5.56 Å². The molecule has 2 saturated heterocycles. The molecule has 10 heteroatoms. The van der Waals surface area contributed by atoms with Crippen molar-refractivity contribution in [3.8, 4) is 11.5 Å². The van der Waals surface area contributed by atoms with Crippen LogP contribution in [0.25, 0.3) is 0 Å². The Balaban J connectivity index is 1.02. The molecule has 4 heterocycles. The van der Waals surface area contributed by atoms with Gasteiger partial charge in [0.1, 0.15) is 5.82 Å². The number of benzene rings is 2. The molecule has 0 saturated carbocycles. The molecule has 1 aromatic heterocycles. The quantitative estimate of drug-likeness (QED) is 0.307. The molecule has 9 nitrogen and oxygen atoms in total. The van der Waals surface area contributed by atoms with Gasteiger partial charge < -0.3 is 24.4 Å². The third kappa shape index (κ3) is 6.68. The first-order valence-electron chi connectivity index (χ1n) is 13.9. The van der Waals surface area contributed by atoms with Crippen LogP contribution in [0.2, 0.25) is 0 Å². The van der Waals surface area contributed by atoms with Gasteiger partial charge in [0.25, 0.3) is 5.91 Å². The van der Waals surface area contributed by atoms with Gasteiger partial charge in [-0.2, -0.15) is 0 Å². The Bertz CT molecular complexity index is 1340. The predicted octanol–water partition coefficient (Wildman–Crippen LogP) is 4.04. The van der Waals surface area contributed by atoms with Gasteiger partial charge in [-0.1, -0.05) is 30.0 Å². The van der Waals surface area contributed by atoms with Crippen molar-refractivity contribution in [2.24, 2.45) is 0 Å². The molecule has 3 aliphatic heterocycles. The molecular weight excluding hydrogens is 526 g/mol. The lowest BCUT2D eigenvalue weighted by atomic mass is 10.1. The summed E-state index contributed by atoms with van der Waals surface area (Å²) < 4.78 is 16.6. The molecule has 0 aliphatic carbocycles. The highest BCUT2D eigenvalue weighted by atomic mass is 32.2. The van der Waals surface area contributed by atoms with E-state index >= 15 is 0 Å². The number of hydrogen-bond acceptors (Lipinski definition) is 9. The van der Waals surface area contributed by atoms with Crippen LogP contribution in [0.3, 0.4) is 0 Å². The zero-order valence-corrected chi connectivity index (χ0v) is 23.6. The zero-order valence-electron chi connectivity index (χ0n) is 22.8. The van der Waals surface area contributed by atoms with E-state index in [2.05, 4.69) is 38.3 Å². The number of rotatable bonds is 9. The van der Waals surface area contributed by atoms with Crippen molar-refractivity contribution in [3.05, 3.63) is 70.9 Å². The summed E-state index contributed by atoms with van der Waals surface area (Å²) >= 11 is 1.60. The van der Waals surface area contributed by atoms with Crippen molar-refractivity contribution in [1.29, 1.82) is 0 Å². The summed E-state index contributed by atoms with van der Waals surface area (Å²) in [5, 5.41) is 3.76. The van der Waals surface area contributed by atoms with E-state index in [9.17, 15) is 4.79 Å². The van der Waals surface area contributed by atoms with Crippen LogP contribution in [-0.2, 0) is 17.0 Å². The molecule has 0 radical (unpaired) electrons. The minimum atomic E-state index is -0.0610. The number of thioether (sulfide) groups is 1. The van der Waals surface area contributed by atoms with Crippen LogP contribution in [-0.4, -0.2) is 73.0 Å². The maximum Gasteiger partial charge on any atom is 0.251 e. The fourth-order valence-corrected chi connectivity index (χ4v) is 6.09. The lowest BCUT2D eigenvalue weighted by Crippen LogP contribution is -2.46. The minimum absolute atomic E-state index is 0.0610. The van der Waals surface area contributed by atoms with Gasteiger partial charge >= 0.3 is 0 Å². The van der Waals surface area contributed by atoms with E-state index in [0.717, 1.165) is 85.9 Å². The molecule has 0 bridgehead atoms. The van der Waals surface area contributed by atoms with Crippen LogP contribution in [0.15, 0.2) is 53.7 Å². The van der Waals surface area contributed by atoms with Crippen LogP contribution in [0.4, 0.5) is 5.82 Å². The Labute approximate surface area is 239 Å². The van der Waals surface area contributed by atoms with E-state index in [-0.39, 0.29) is 12.0 Å². The number of carbonyl (C=O) groups is 1. The molecule has 1 N–H and O–H groups in total. The number of anilines is 1. The predicted molar refractivity (Wildman–Crippen MR) is 154 cm³/mol. The lowest BCUT2D eigenvalue weighted by Gasteiger charge is -2.35. The smallest absolute Gasteiger partial charge is 0.251 e. The minimum Gasteiger partial charge on any atom is -0.454 e. The van der Waals surface area contributed by atoms with Gasteiger partial charge in [0.15, 0.2) is 16.7 Å². The number of aromatic nitrogens is 2. The molecule has 2 fully saturated rings. The second kappa shape index (κ2) is 12.4. The van der Waals surface area contributed by atoms with Gasteiger partial charge in [-0.3, -0.25) is 9.69 Å². The number of piperazine rings is 1. The summed E-state index contributed by atoms with van der Waals surface area (Å²) in [6.45, 7) is 8.30. The molecule has 1 atom stereocenters. The van der Waals surface area contributed by atoms with Crippen molar-refractivity contribution >= 4 is 23.5 Å². The number of carbonyl (C=O) groups excluding carboxylic acids is 1. The Kier molecular flexibility index (Phi) is 8.36. The first kappa shape index (κ1) is 26.9. The van der Waals surface area contributed by atoms with E-state index in [1.807, 2.05) is 37.3 Å². The Morgan fingerprint density at radius 3 is 2.75 bits per heavy atom. The molecule has 1 unspecified atom stereocenters. The fraction of sp³-hybridized carbons (Fsp3) is 0.433. The number of hydrogen-bond donors (Lipinski definition) is 1. The van der Waals surface area contributed by atoms with E-state index in [1.54, 1.807) is 11.8 Å². The molecule has 2 aromatic carbocycles. The molecule has 1 amide bonds. The summed E-state index contributed by atoms with van der Waals surface area (Å²) in [6, 6.07) is 16.0. The van der Waals surface area contributed by atoms with Crippen LogP contribution in [0, 0.1) is 6.92 Å². The van der Waals surface area contributed by atoms with Gasteiger partial charge in [0, 0.05) is 69.0 Å². The maximum absolute atomic E-state index is 12.6. The number of ether oxygens (including phenoxy) is 3. The molecule has 0 spiro atoms. The van der Waals surface area contributed by atoms with Gasteiger partial charge in [0.05, 0.1) is 6.10 Å². The normalized spacial score (nSPS) is 18.7. The topological polar surface area (TPSA) is 89.0 Å². The monoisotopic (exact) mass is 561 g/mol. The first-order chi connectivity index (χ1) is 19.6. The highest BCUT2D eigenvalue weighted by Gasteiger charge is 2.21. The van der Waals surface area contributed by atoms with E-state index in [0.29, 0.717) is 24.7 Å². The molecular formula is C30H35N5O4S. The third-order valence-electron chi connectivity index (χ3n) is 7.43. The number of fused-ring (bicyclic) bond motifs is 1. The molecule has 40 heavy (non-hydrogen) atoms. The SMILES string of the molecule is Cc1cc(N2CCN(Cc3ccc4c(c3)OCO4)CC2)nc(SCc2cccc(C(=O)NCC3CCCO3)c2)n1. The van der Waals surface area contributed by atoms with Crippen molar-refractivity contribution in [3.63, 3.8) is 0 Å². The Morgan fingerprint density at radius 2 is 1.90 bits per heavy atom. The summed E-state index contributed by atoms with van der Waals surface area (Å²) in [4.78, 5) is 27.0. The van der Waals surface area contributed by atoms with Gasteiger partial charge in [-0.15, -0.1) is 0 Å². The first-order valence-corrected chi connectivity index (χ1v) is 14.9. The number of amides is 1. The third-order valence-corrected chi connectivity index (χ3v) is 8.35. The fourth-order valence-electron chi connectivity index (χ4n) is 5.25. The Hall–Kier alpha value is -3.34. The highest BCUT2D eigenvalue weighted by Crippen LogP contribution is 2.33. The summed E-state index contributed by atoms with van der Waals surface area (Å²) in [7, 11) is 0. The second-order valence-electron chi connectivity index (χ2n) is 10.4. The van der Waals surface area contributed by atoms with Gasteiger partial charge in [-0.05, 0) is 55.2 Å². The largest absolute Gasteiger partial charge is 0.454 e. The summed E-state index contributed by atoms with van der Waals surface area (Å²) in [5.41, 5.74) is 3.93. The molecule has 3 aliphatic rings. The number of nitrogens with one attached hydrogen (secondary N) is 1. The zero-order chi connectivity index (χ0) is 27.3. The van der Waals surface area contributed by atoms with Crippen molar-refractivity contribution < 1.29 is 19.0 Å². The lowest BCUT2D eigenvalue weighted by molar-refractivity contribution is 0.0857. The Morgan fingerprint density at radius 1 is 1.02 bits per heavy atom. The number of aryl methyl sites for hydroxylation is 1. The van der Waals surface area contributed by atoms with Crippen LogP contribution in [0.1, 0.15) is 40.0 Å². The molecule has 6 rings (SSSR count). The van der Waals surface area contributed by atoms with Crippen molar-refractivity contribution in [1.82, 2.24) is 20.2 Å².